The van der Waals surface area contributed by atoms with Crippen LogP contribution in [0.1, 0.15) is 30.9 Å². The summed E-state index contributed by atoms with van der Waals surface area (Å²) in [5, 5.41) is 0. The largest absolute Gasteiger partial charge is 0.347 e. The van der Waals surface area contributed by atoms with Crippen molar-refractivity contribution in [1.29, 1.82) is 0 Å². The number of aromatic amines is 1. The van der Waals surface area contributed by atoms with Gasteiger partial charge < -0.3 is 4.98 Å². The summed E-state index contributed by atoms with van der Waals surface area (Å²) in [7, 11) is 0. The van der Waals surface area contributed by atoms with Gasteiger partial charge in [0, 0.05) is 16.6 Å². The first kappa shape index (κ1) is 14.4. The van der Waals surface area contributed by atoms with E-state index in [2.05, 4.69) is 51.9 Å². The number of hydrogen-bond acceptors (Lipinski definition) is 2. The van der Waals surface area contributed by atoms with Crippen LogP contribution in [0.4, 0.5) is 0 Å². The normalized spacial score (nSPS) is 10.9. The van der Waals surface area contributed by atoms with Gasteiger partial charge in [-0.15, -0.1) is 0 Å². The molecule has 2 nitrogen and oxygen atoms in total. The molecule has 0 atom stereocenters. The number of nitrogens with zero attached hydrogens (tertiary/aromatic N) is 1. The molecule has 0 spiro atoms. The van der Waals surface area contributed by atoms with Crippen LogP contribution in [0.15, 0.2) is 34.8 Å². The Bertz CT molecular complexity index is 602. The highest BCUT2D eigenvalue weighted by molar-refractivity contribution is 9.10. The summed E-state index contributed by atoms with van der Waals surface area (Å²) in [5.41, 5.74) is 2.39. The average molecular weight is 337 g/mol. The summed E-state index contributed by atoms with van der Waals surface area (Å²) in [4.78, 5) is 7.80. The van der Waals surface area contributed by atoms with Crippen LogP contribution >= 0.6 is 28.1 Å². The lowest BCUT2D eigenvalue weighted by Crippen LogP contribution is -2.03. The van der Waals surface area contributed by atoms with Crippen molar-refractivity contribution in [2.24, 2.45) is 5.92 Å². The molecule has 4 heteroatoms. The molecule has 0 aliphatic rings. The molecule has 100 valence electrons. The molecular weight excluding hydrogens is 320 g/mol. The van der Waals surface area contributed by atoms with Gasteiger partial charge in [-0.25, -0.2) is 4.98 Å². The maximum atomic E-state index is 5.24. The molecule has 0 aliphatic carbocycles. The van der Waals surface area contributed by atoms with Gasteiger partial charge in [0.2, 0.25) is 0 Å². The van der Waals surface area contributed by atoms with Gasteiger partial charge in [0.25, 0.3) is 0 Å². The molecule has 0 unspecified atom stereocenters. The van der Waals surface area contributed by atoms with Crippen LogP contribution in [0.2, 0.25) is 0 Å². The van der Waals surface area contributed by atoms with Crippen molar-refractivity contribution in [3.63, 3.8) is 0 Å². The summed E-state index contributed by atoms with van der Waals surface area (Å²) in [6, 6.07) is 10.2. The molecule has 1 N–H and O–H groups in total. The zero-order valence-corrected chi connectivity index (χ0v) is 13.5. The predicted molar refractivity (Wildman–Crippen MR) is 84.9 cm³/mol. The smallest absolute Gasteiger partial charge is 0.130 e. The summed E-state index contributed by atoms with van der Waals surface area (Å²) < 4.78 is 1.76. The Labute approximate surface area is 127 Å². The third-order valence-corrected chi connectivity index (χ3v) is 3.50. The van der Waals surface area contributed by atoms with Crippen LogP contribution in [0.25, 0.3) is 0 Å². The lowest BCUT2D eigenvalue weighted by atomic mass is 10.1. The Morgan fingerprint density at radius 3 is 2.58 bits per heavy atom. The van der Waals surface area contributed by atoms with E-state index in [1.165, 1.54) is 11.3 Å². The first-order chi connectivity index (χ1) is 9.02. The van der Waals surface area contributed by atoms with Gasteiger partial charge in [-0.3, -0.25) is 0 Å². The molecule has 19 heavy (non-hydrogen) atoms. The average Bonchev–Trinajstić information content (AvgIpc) is 2.30. The van der Waals surface area contributed by atoms with Crippen molar-refractivity contribution >= 4 is 28.1 Å². The number of H-pyrrole nitrogens is 1. The number of hydrogen-bond donors (Lipinski definition) is 1. The maximum Gasteiger partial charge on any atom is 0.130 e. The Hall–Kier alpha value is -1.00. The fraction of sp³-hybridized carbons (Fsp3) is 0.333. The van der Waals surface area contributed by atoms with Gasteiger partial charge in [-0.2, -0.15) is 0 Å². The van der Waals surface area contributed by atoms with E-state index in [4.69, 9.17) is 12.2 Å². The van der Waals surface area contributed by atoms with Gasteiger partial charge in [0.1, 0.15) is 10.5 Å². The van der Waals surface area contributed by atoms with Crippen LogP contribution in [-0.4, -0.2) is 9.97 Å². The highest BCUT2D eigenvalue weighted by Crippen LogP contribution is 2.13. The molecule has 1 aromatic carbocycles. The van der Waals surface area contributed by atoms with Crippen molar-refractivity contribution in [3.8, 4) is 0 Å². The van der Waals surface area contributed by atoms with Crippen molar-refractivity contribution in [2.75, 3.05) is 0 Å². The van der Waals surface area contributed by atoms with Crippen LogP contribution in [-0.2, 0) is 12.8 Å². The number of rotatable bonds is 4. The quantitative estimate of drug-likeness (QED) is 0.820. The Balaban J connectivity index is 2.22. The van der Waals surface area contributed by atoms with Gasteiger partial charge in [0.05, 0.1) is 0 Å². The number of halogens is 1. The topological polar surface area (TPSA) is 28.7 Å². The lowest BCUT2D eigenvalue weighted by Gasteiger charge is -2.08. The van der Waals surface area contributed by atoms with E-state index in [1.54, 1.807) is 0 Å². The van der Waals surface area contributed by atoms with Crippen LogP contribution in [0, 0.1) is 10.6 Å². The van der Waals surface area contributed by atoms with E-state index < -0.39 is 0 Å². The van der Waals surface area contributed by atoms with Crippen LogP contribution < -0.4 is 0 Å². The third kappa shape index (κ3) is 4.55. The van der Waals surface area contributed by atoms with E-state index >= 15 is 0 Å². The first-order valence-electron chi connectivity index (χ1n) is 6.36. The summed E-state index contributed by atoms with van der Waals surface area (Å²) >= 11 is 8.68. The van der Waals surface area contributed by atoms with E-state index in [-0.39, 0.29) is 0 Å². The van der Waals surface area contributed by atoms with Crippen LogP contribution in [0.5, 0.6) is 0 Å². The van der Waals surface area contributed by atoms with E-state index in [1.807, 2.05) is 18.2 Å². The second-order valence-corrected chi connectivity index (χ2v) is 6.43. The molecule has 0 fully saturated rings. The predicted octanol–water partition coefficient (Wildman–Crippen LogP) is 4.69. The number of nitrogens with one attached hydrogen (secondary N) is 1. The molecule has 1 aromatic heterocycles. The zero-order valence-electron chi connectivity index (χ0n) is 11.1. The van der Waals surface area contributed by atoms with E-state index in [9.17, 15) is 0 Å². The lowest BCUT2D eigenvalue weighted by molar-refractivity contribution is 0.630. The van der Waals surface area contributed by atoms with Crippen molar-refractivity contribution in [2.45, 2.75) is 26.7 Å². The molecule has 2 aromatic rings. The molecule has 0 aliphatic heterocycles. The second kappa shape index (κ2) is 6.44. The van der Waals surface area contributed by atoms with E-state index in [0.717, 1.165) is 23.1 Å². The Morgan fingerprint density at radius 2 is 1.95 bits per heavy atom. The summed E-state index contributed by atoms with van der Waals surface area (Å²) in [6.45, 7) is 4.40. The molecule has 0 saturated heterocycles. The third-order valence-electron chi connectivity index (χ3n) is 2.76. The highest BCUT2D eigenvalue weighted by atomic mass is 79.9. The fourth-order valence-corrected chi connectivity index (χ4v) is 2.51. The SMILES string of the molecule is CC(C)Cc1cc(=S)nc(Cc2ccc(Br)cc2)[nH]1. The van der Waals surface area contributed by atoms with Gasteiger partial charge in [0.15, 0.2) is 0 Å². The van der Waals surface area contributed by atoms with Crippen molar-refractivity contribution in [3.05, 3.63) is 56.5 Å². The number of benzene rings is 1. The summed E-state index contributed by atoms with van der Waals surface area (Å²) in [5.74, 6) is 1.54. The molecule has 1 heterocycles. The second-order valence-electron chi connectivity index (χ2n) is 5.09. The fourth-order valence-electron chi connectivity index (χ4n) is 1.99. The Morgan fingerprint density at radius 1 is 1.26 bits per heavy atom. The standard InChI is InChI=1S/C15H17BrN2S/c1-10(2)7-13-9-15(19)18-14(17-13)8-11-3-5-12(16)6-4-11/h3-6,9-10H,7-8H2,1-2H3,(H,17,18,19). The van der Waals surface area contributed by atoms with Crippen molar-refractivity contribution in [1.82, 2.24) is 9.97 Å². The molecule has 2 rings (SSSR count). The highest BCUT2D eigenvalue weighted by Gasteiger charge is 2.03. The maximum absolute atomic E-state index is 5.24. The monoisotopic (exact) mass is 336 g/mol. The molecule has 0 saturated carbocycles. The zero-order chi connectivity index (χ0) is 13.8. The molecule has 0 amide bonds. The number of aromatic nitrogens is 2. The summed E-state index contributed by atoms with van der Waals surface area (Å²) in [6.07, 6.45) is 1.78. The van der Waals surface area contributed by atoms with E-state index in [0.29, 0.717) is 10.6 Å². The van der Waals surface area contributed by atoms with Gasteiger partial charge in [-0.1, -0.05) is 54.1 Å². The van der Waals surface area contributed by atoms with Gasteiger partial charge in [-0.05, 0) is 36.1 Å². The minimum absolute atomic E-state index is 0.605. The van der Waals surface area contributed by atoms with Crippen molar-refractivity contribution < 1.29 is 0 Å². The van der Waals surface area contributed by atoms with Crippen LogP contribution in [0.3, 0.4) is 0 Å². The minimum atomic E-state index is 0.605. The molecule has 0 bridgehead atoms. The molecule has 0 radical (unpaired) electrons. The minimum Gasteiger partial charge on any atom is -0.347 e. The first-order valence-corrected chi connectivity index (χ1v) is 7.56. The van der Waals surface area contributed by atoms with Gasteiger partial charge >= 0.3 is 0 Å². The Kier molecular flexibility index (Phi) is 4.88. The molecular formula is C15H17BrN2S.